The second kappa shape index (κ2) is 8.93. The Bertz CT molecular complexity index is 596. The molecule has 2 aromatic rings. The van der Waals surface area contributed by atoms with E-state index in [2.05, 4.69) is 22.8 Å². The van der Waals surface area contributed by atoms with E-state index in [0.717, 1.165) is 17.1 Å². The Balaban J connectivity index is 1.63. The molecule has 0 spiro atoms. The highest BCUT2D eigenvalue weighted by atomic mass is 35.5. The summed E-state index contributed by atoms with van der Waals surface area (Å²) in [4.78, 5) is 13.0. The first-order valence-electron chi connectivity index (χ1n) is 6.55. The van der Waals surface area contributed by atoms with Crippen LogP contribution in [0.15, 0.2) is 47.9 Å². The van der Waals surface area contributed by atoms with Crippen LogP contribution in [0.2, 0.25) is 5.02 Å². The van der Waals surface area contributed by atoms with Crippen LogP contribution in [0.5, 0.6) is 0 Å². The fourth-order valence-corrected chi connectivity index (χ4v) is 3.55. The van der Waals surface area contributed by atoms with E-state index < -0.39 is 0 Å². The number of halogens is 1. The lowest BCUT2D eigenvalue weighted by Gasteiger charge is -2.01. The second-order valence-corrected chi connectivity index (χ2v) is 6.89. The van der Waals surface area contributed by atoms with Crippen LogP contribution in [0.4, 0.5) is 0 Å². The highest BCUT2D eigenvalue weighted by molar-refractivity contribution is 7.98. The van der Waals surface area contributed by atoms with Crippen molar-refractivity contribution in [2.45, 2.75) is 5.75 Å². The first-order valence-corrected chi connectivity index (χ1v) is 8.97. The van der Waals surface area contributed by atoms with Crippen LogP contribution in [0, 0.1) is 0 Å². The molecule has 1 heterocycles. The number of thiophene rings is 1. The van der Waals surface area contributed by atoms with Crippen molar-refractivity contribution >= 4 is 46.7 Å². The molecule has 1 amide bonds. The third-order valence-electron chi connectivity index (χ3n) is 2.65. The summed E-state index contributed by atoms with van der Waals surface area (Å²) < 4.78 is 0. The first kappa shape index (κ1) is 16.1. The Morgan fingerprint density at radius 3 is 3.00 bits per heavy atom. The molecule has 0 fully saturated rings. The molecule has 1 N–H and O–H groups in total. The Morgan fingerprint density at radius 2 is 2.24 bits per heavy atom. The maximum atomic E-state index is 11.7. The van der Waals surface area contributed by atoms with E-state index in [0.29, 0.717) is 11.6 Å². The minimum atomic E-state index is -0.0771. The van der Waals surface area contributed by atoms with Crippen LogP contribution in [0.3, 0.4) is 0 Å². The van der Waals surface area contributed by atoms with Gasteiger partial charge in [-0.3, -0.25) is 4.79 Å². The topological polar surface area (TPSA) is 29.1 Å². The van der Waals surface area contributed by atoms with E-state index in [1.165, 1.54) is 11.0 Å². The molecule has 0 radical (unpaired) electrons. The third kappa shape index (κ3) is 6.38. The zero-order valence-electron chi connectivity index (χ0n) is 11.4. The number of carbonyl (C=O) groups is 1. The number of hydrogen-bond donors (Lipinski definition) is 1. The number of amides is 1. The quantitative estimate of drug-likeness (QED) is 0.596. The number of thioether (sulfide) groups is 1. The molecule has 0 aliphatic rings. The molecular formula is C16H16ClNOS2. The van der Waals surface area contributed by atoms with Gasteiger partial charge in [0.2, 0.25) is 5.91 Å². The minimum Gasteiger partial charge on any atom is -0.352 e. The Kier molecular flexibility index (Phi) is 6.86. The smallest absolute Gasteiger partial charge is 0.244 e. The summed E-state index contributed by atoms with van der Waals surface area (Å²) in [6, 6.07) is 11.6. The van der Waals surface area contributed by atoms with Crippen molar-refractivity contribution in [3.63, 3.8) is 0 Å². The summed E-state index contributed by atoms with van der Waals surface area (Å²) in [6.07, 6.45) is 3.30. The predicted molar refractivity (Wildman–Crippen MR) is 94.0 cm³/mol. The average Bonchev–Trinajstić information content (AvgIpc) is 2.98. The summed E-state index contributed by atoms with van der Waals surface area (Å²) in [5, 5.41) is 5.62. The number of hydrogen-bond acceptors (Lipinski definition) is 3. The SMILES string of the molecule is O=C(/C=C/c1cccc(Cl)c1)NCCSCc1cccs1. The lowest BCUT2D eigenvalue weighted by molar-refractivity contribution is -0.116. The number of benzene rings is 1. The second-order valence-electron chi connectivity index (χ2n) is 4.31. The standard InChI is InChI=1S/C16H16ClNOS2/c17-14-4-1-3-13(11-14)6-7-16(19)18-8-10-20-12-15-5-2-9-21-15/h1-7,9,11H,8,10,12H2,(H,18,19)/b7-6+. The van der Waals surface area contributed by atoms with Gasteiger partial charge in [0, 0.05) is 34.0 Å². The molecule has 110 valence electrons. The van der Waals surface area contributed by atoms with Gasteiger partial charge >= 0.3 is 0 Å². The number of carbonyl (C=O) groups excluding carboxylic acids is 1. The normalized spacial score (nSPS) is 10.9. The van der Waals surface area contributed by atoms with Crippen LogP contribution in [-0.2, 0) is 10.5 Å². The average molecular weight is 338 g/mol. The fourth-order valence-electron chi connectivity index (χ4n) is 1.65. The summed E-state index contributed by atoms with van der Waals surface area (Å²) >= 11 is 9.47. The van der Waals surface area contributed by atoms with E-state index in [1.54, 1.807) is 17.4 Å². The lowest BCUT2D eigenvalue weighted by Crippen LogP contribution is -2.23. The van der Waals surface area contributed by atoms with Crippen LogP contribution < -0.4 is 5.32 Å². The lowest BCUT2D eigenvalue weighted by atomic mass is 10.2. The molecule has 0 unspecified atom stereocenters. The first-order chi connectivity index (χ1) is 10.2. The van der Waals surface area contributed by atoms with E-state index in [4.69, 9.17) is 11.6 Å². The molecule has 0 saturated carbocycles. The monoisotopic (exact) mass is 337 g/mol. The Hall–Kier alpha value is -1.23. The van der Waals surface area contributed by atoms with Gasteiger partial charge in [0.25, 0.3) is 0 Å². The van der Waals surface area contributed by atoms with Gasteiger partial charge in [-0.1, -0.05) is 29.8 Å². The molecule has 1 aromatic carbocycles. The zero-order chi connectivity index (χ0) is 14.9. The molecule has 1 aromatic heterocycles. The third-order valence-corrected chi connectivity index (χ3v) is 4.95. The fraction of sp³-hybridized carbons (Fsp3) is 0.188. The van der Waals surface area contributed by atoms with Gasteiger partial charge in [0.05, 0.1) is 0 Å². The van der Waals surface area contributed by atoms with Gasteiger partial charge in [-0.05, 0) is 35.2 Å². The zero-order valence-corrected chi connectivity index (χ0v) is 13.8. The minimum absolute atomic E-state index is 0.0771. The predicted octanol–water partition coefficient (Wildman–Crippen LogP) is 4.46. The van der Waals surface area contributed by atoms with E-state index >= 15 is 0 Å². The molecule has 5 heteroatoms. The number of rotatable bonds is 7. The molecule has 0 atom stereocenters. The molecule has 0 aliphatic heterocycles. The highest BCUT2D eigenvalue weighted by Crippen LogP contribution is 2.16. The van der Waals surface area contributed by atoms with E-state index in [-0.39, 0.29) is 5.91 Å². The van der Waals surface area contributed by atoms with Crippen molar-refractivity contribution in [2.24, 2.45) is 0 Å². The summed E-state index contributed by atoms with van der Waals surface area (Å²) in [7, 11) is 0. The van der Waals surface area contributed by atoms with Crippen molar-refractivity contribution in [2.75, 3.05) is 12.3 Å². The summed E-state index contributed by atoms with van der Waals surface area (Å²) in [5.41, 5.74) is 0.921. The molecule has 21 heavy (non-hydrogen) atoms. The van der Waals surface area contributed by atoms with Crippen molar-refractivity contribution in [3.05, 3.63) is 63.3 Å². The maximum absolute atomic E-state index is 11.7. The van der Waals surface area contributed by atoms with Gasteiger partial charge in [-0.25, -0.2) is 0 Å². The Morgan fingerprint density at radius 1 is 1.33 bits per heavy atom. The van der Waals surface area contributed by atoms with Crippen molar-refractivity contribution in [1.82, 2.24) is 5.32 Å². The van der Waals surface area contributed by atoms with Crippen molar-refractivity contribution in [1.29, 1.82) is 0 Å². The van der Waals surface area contributed by atoms with Crippen LogP contribution in [0.25, 0.3) is 6.08 Å². The van der Waals surface area contributed by atoms with Crippen molar-refractivity contribution in [3.8, 4) is 0 Å². The van der Waals surface area contributed by atoms with Gasteiger partial charge in [0.1, 0.15) is 0 Å². The van der Waals surface area contributed by atoms with Crippen molar-refractivity contribution < 1.29 is 4.79 Å². The molecule has 2 rings (SSSR count). The largest absolute Gasteiger partial charge is 0.352 e. The Labute approximate surface area is 138 Å². The van der Waals surface area contributed by atoms with Crippen LogP contribution in [-0.4, -0.2) is 18.2 Å². The van der Waals surface area contributed by atoms with Gasteiger partial charge in [0.15, 0.2) is 0 Å². The maximum Gasteiger partial charge on any atom is 0.244 e. The molecule has 0 aliphatic carbocycles. The summed E-state index contributed by atoms with van der Waals surface area (Å²) in [6.45, 7) is 0.675. The van der Waals surface area contributed by atoms with Gasteiger partial charge in [-0.2, -0.15) is 11.8 Å². The molecular weight excluding hydrogens is 322 g/mol. The number of nitrogens with one attached hydrogen (secondary N) is 1. The molecule has 0 bridgehead atoms. The molecule has 0 saturated heterocycles. The summed E-state index contributed by atoms with van der Waals surface area (Å²) in [5.74, 6) is 1.84. The van der Waals surface area contributed by atoms with Gasteiger partial charge in [-0.15, -0.1) is 11.3 Å². The van der Waals surface area contributed by atoms with Gasteiger partial charge < -0.3 is 5.32 Å². The van der Waals surface area contributed by atoms with E-state index in [9.17, 15) is 4.79 Å². The van der Waals surface area contributed by atoms with Crippen LogP contribution >= 0.6 is 34.7 Å². The highest BCUT2D eigenvalue weighted by Gasteiger charge is 1.97. The molecule has 2 nitrogen and oxygen atoms in total. The van der Waals surface area contributed by atoms with E-state index in [1.807, 2.05) is 36.0 Å². The van der Waals surface area contributed by atoms with Crippen LogP contribution in [0.1, 0.15) is 10.4 Å².